The normalized spacial score (nSPS) is 16.3. The first-order valence-electron chi connectivity index (χ1n) is 8.33. The lowest BCUT2D eigenvalue weighted by Gasteiger charge is -2.39. The molecule has 1 saturated heterocycles. The molecule has 1 heterocycles. The number of hydrogen-bond donors (Lipinski definition) is 0. The number of carbonyl (C=O) groups is 2. The van der Waals surface area contributed by atoms with Crippen LogP contribution in [0.25, 0.3) is 0 Å². The van der Waals surface area contributed by atoms with Crippen LogP contribution in [0.2, 0.25) is 0 Å². The molecule has 5 heteroatoms. The van der Waals surface area contributed by atoms with E-state index in [9.17, 15) is 9.59 Å². The van der Waals surface area contributed by atoms with Gasteiger partial charge in [-0.05, 0) is 35.6 Å². The minimum Gasteiger partial charge on any atom is -0.445 e. The largest absolute Gasteiger partial charge is 0.445 e. The molecule has 0 aliphatic carbocycles. The Morgan fingerprint density at radius 1 is 0.960 bits per heavy atom. The summed E-state index contributed by atoms with van der Waals surface area (Å²) in [6, 6.07) is 19.1. The van der Waals surface area contributed by atoms with E-state index in [0.717, 1.165) is 11.1 Å². The standard InChI is InChI=1S/C20H20ClNO3/c21-18(23)20(17-9-5-2-6-10-17)11-13-22(14-12-20)19(24)25-15-16-7-3-1-4-8-16/h1-10H,11-15H2. The van der Waals surface area contributed by atoms with Gasteiger partial charge in [-0.1, -0.05) is 60.7 Å². The number of hydrogen-bond acceptors (Lipinski definition) is 3. The van der Waals surface area contributed by atoms with Crippen molar-refractivity contribution in [3.63, 3.8) is 0 Å². The summed E-state index contributed by atoms with van der Waals surface area (Å²) >= 11 is 5.94. The highest BCUT2D eigenvalue weighted by molar-refractivity contribution is 6.65. The van der Waals surface area contributed by atoms with Crippen LogP contribution in [-0.4, -0.2) is 29.3 Å². The van der Waals surface area contributed by atoms with Crippen molar-refractivity contribution in [1.29, 1.82) is 0 Å². The van der Waals surface area contributed by atoms with Gasteiger partial charge in [-0.15, -0.1) is 0 Å². The van der Waals surface area contributed by atoms with Crippen LogP contribution in [0.15, 0.2) is 60.7 Å². The van der Waals surface area contributed by atoms with E-state index in [4.69, 9.17) is 16.3 Å². The lowest BCUT2D eigenvalue weighted by Crippen LogP contribution is -2.48. The Bertz CT molecular complexity index is 725. The van der Waals surface area contributed by atoms with Crippen molar-refractivity contribution < 1.29 is 14.3 Å². The first kappa shape index (κ1) is 17.5. The molecule has 25 heavy (non-hydrogen) atoms. The van der Waals surface area contributed by atoms with Crippen molar-refractivity contribution in [2.45, 2.75) is 24.9 Å². The van der Waals surface area contributed by atoms with Crippen LogP contribution in [0.5, 0.6) is 0 Å². The second-order valence-electron chi connectivity index (χ2n) is 6.25. The van der Waals surface area contributed by atoms with Gasteiger partial charge in [0.1, 0.15) is 6.61 Å². The molecule has 0 atom stereocenters. The van der Waals surface area contributed by atoms with E-state index in [2.05, 4.69) is 0 Å². The quantitative estimate of drug-likeness (QED) is 0.773. The molecule has 1 amide bonds. The number of halogens is 1. The van der Waals surface area contributed by atoms with Crippen molar-refractivity contribution >= 4 is 22.9 Å². The topological polar surface area (TPSA) is 46.6 Å². The zero-order valence-electron chi connectivity index (χ0n) is 13.9. The molecular weight excluding hydrogens is 338 g/mol. The Labute approximate surface area is 152 Å². The fraction of sp³-hybridized carbons (Fsp3) is 0.300. The third-order valence-electron chi connectivity index (χ3n) is 4.78. The summed E-state index contributed by atoms with van der Waals surface area (Å²) in [5.74, 6) is 0. The molecule has 0 N–H and O–H groups in total. The number of benzene rings is 2. The maximum atomic E-state index is 12.3. The van der Waals surface area contributed by atoms with Gasteiger partial charge in [-0.2, -0.15) is 0 Å². The van der Waals surface area contributed by atoms with Crippen molar-refractivity contribution in [1.82, 2.24) is 4.90 Å². The van der Waals surface area contributed by atoms with Gasteiger partial charge in [-0.25, -0.2) is 4.79 Å². The highest BCUT2D eigenvalue weighted by Crippen LogP contribution is 2.37. The number of piperidine rings is 1. The minimum atomic E-state index is -0.723. The van der Waals surface area contributed by atoms with E-state index in [1.54, 1.807) is 4.90 Å². The predicted molar refractivity (Wildman–Crippen MR) is 96.4 cm³/mol. The molecule has 0 unspecified atom stereocenters. The molecule has 1 fully saturated rings. The summed E-state index contributed by atoms with van der Waals surface area (Å²) in [5, 5.41) is -0.365. The number of amides is 1. The van der Waals surface area contributed by atoms with E-state index in [0.29, 0.717) is 25.9 Å². The molecule has 130 valence electrons. The Kier molecular flexibility index (Phi) is 5.39. The number of ether oxygens (including phenoxy) is 1. The van der Waals surface area contributed by atoms with Gasteiger partial charge in [0.15, 0.2) is 0 Å². The van der Waals surface area contributed by atoms with E-state index in [1.807, 2.05) is 60.7 Å². The van der Waals surface area contributed by atoms with E-state index >= 15 is 0 Å². The molecule has 1 aliphatic rings. The summed E-state index contributed by atoms with van der Waals surface area (Å²) in [7, 11) is 0. The van der Waals surface area contributed by atoms with Crippen LogP contribution in [0, 0.1) is 0 Å². The Morgan fingerprint density at radius 3 is 2.08 bits per heavy atom. The monoisotopic (exact) mass is 357 g/mol. The third-order valence-corrected chi connectivity index (χ3v) is 5.14. The number of carbonyl (C=O) groups excluding carboxylic acids is 2. The molecular formula is C20H20ClNO3. The van der Waals surface area contributed by atoms with Crippen molar-refractivity contribution in [3.05, 3.63) is 71.8 Å². The Morgan fingerprint density at radius 2 is 1.52 bits per heavy atom. The van der Waals surface area contributed by atoms with Gasteiger partial charge in [-0.3, -0.25) is 4.79 Å². The second kappa shape index (κ2) is 7.70. The average molecular weight is 358 g/mol. The van der Waals surface area contributed by atoms with Crippen LogP contribution >= 0.6 is 11.6 Å². The summed E-state index contributed by atoms with van der Waals surface area (Å²) in [6.45, 7) is 1.14. The molecule has 0 spiro atoms. The summed E-state index contributed by atoms with van der Waals surface area (Å²) in [5.41, 5.74) is 1.13. The first-order chi connectivity index (χ1) is 12.1. The van der Waals surface area contributed by atoms with Crippen molar-refractivity contribution in [3.8, 4) is 0 Å². The molecule has 0 saturated carbocycles. The Balaban J connectivity index is 1.62. The molecule has 0 aromatic heterocycles. The maximum absolute atomic E-state index is 12.3. The predicted octanol–water partition coefficient (Wildman–Crippen LogP) is 4.12. The average Bonchev–Trinajstić information content (AvgIpc) is 2.67. The fourth-order valence-electron chi connectivity index (χ4n) is 3.24. The second-order valence-corrected chi connectivity index (χ2v) is 6.59. The van der Waals surface area contributed by atoms with Crippen molar-refractivity contribution in [2.24, 2.45) is 0 Å². The Hall–Kier alpha value is -2.33. The first-order valence-corrected chi connectivity index (χ1v) is 8.71. The third kappa shape index (κ3) is 3.85. The molecule has 0 radical (unpaired) electrons. The molecule has 3 rings (SSSR count). The molecule has 1 aliphatic heterocycles. The molecule has 4 nitrogen and oxygen atoms in total. The van der Waals surface area contributed by atoms with Gasteiger partial charge in [0.25, 0.3) is 0 Å². The van der Waals surface area contributed by atoms with Crippen LogP contribution in [-0.2, 0) is 21.6 Å². The van der Waals surface area contributed by atoms with Crippen molar-refractivity contribution in [2.75, 3.05) is 13.1 Å². The van der Waals surface area contributed by atoms with Gasteiger partial charge in [0.2, 0.25) is 5.24 Å². The molecule has 2 aromatic rings. The van der Waals surface area contributed by atoms with Crippen LogP contribution < -0.4 is 0 Å². The van der Waals surface area contributed by atoms with Gasteiger partial charge >= 0.3 is 6.09 Å². The minimum absolute atomic E-state index is 0.244. The lowest BCUT2D eigenvalue weighted by atomic mass is 9.74. The molecule has 0 bridgehead atoms. The summed E-state index contributed by atoms with van der Waals surface area (Å²) in [6.07, 6.45) is 0.645. The number of likely N-dealkylation sites (tertiary alicyclic amines) is 1. The summed E-state index contributed by atoms with van der Waals surface area (Å²) < 4.78 is 5.37. The van der Waals surface area contributed by atoms with Gasteiger partial charge < -0.3 is 9.64 Å². The lowest BCUT2D eigenvalue weighted by molar-refractivity contribution is -0.118. The van der Waals surface area contributed by atoms with Crippen LogP contribution in [0.1, 0.15) is 24.0 Å². The smallest absolute Gasteiger partial charge is 0.410 e. The SMILES string of the molecule is O=C(OCc1ccccc1)N1CCC(C(=O)Cl)(c2ccccc2)CC1. The number of rotatable bonds is 4. The maximum Gasteiger partial charge on any atom is 0.410 e. The van der Waals surface area contributed by atoms with Crippen LogP contribution in [0.3, 0.4) is 0 Å². The zero-order valence-corrected chi connectivity index (χ0v) is 14.6. The van der Waals surface area contributed by atoms with E-state index < -0.39 is 5.41 Å². The van der Waals surface area contributed by atoms with E-state index in [1.165, 1.54) is 0 Å². The van der Waals surface area contributed by atoms with Crippen LogP contribution in [0.4, 0.5) is 4.79 Å². The highest BCUT2D eigenvalue weighted by atomic mass is 35.5. The fourth-order valence-corrected chi connectivity index (χ4v) is 3.54. The number of nitrogens with zero attached hydrogens (tertiary/aromatic N) is 1. The summed E-state index contributed by atoms with van der Waals surface area (Å²) in [4.78, 5) is 26.1. The zero-order chi connectivity index (χ0) is 17.7. The molecule has 2 aromatic carbocycles. The highest BCUT2D eigenvalue weighted by Gasteiger charge is 2.43. The van der Waals surface area contributed by atoms with Gasteiger partial charge in [0, 0.05) is 13.1 Å². The van der Waals surface area contributed by atoms with E-state index in [-0.39, 0.29) is 17.9 Å². The van der Waals surface area contributed by atoms with Gasteiger partial charge in [0.05, 0.1) is 5.41 Å².